The molecule has 1 aliphatic rings. The van der Waals surface area contributed by atoms with Gasteiger partial charge in [0.1, 0.15) is 0 Å². The summed E-state index contributed by atoms with van der Waals surface area (Å²) in [6.07, 6.45) is 4.96. The minimum Gasteiger partial charge on any atom is -0.379 e. The number of unbranched alkanes of at least 4 members (excludes halogenated alkanes) is 1. The predicted molar refractivity (Wildman–Crippen MR) is 91.4 cm³/mol. The van der Waals surface area contributed by atoms with Gasteiger partial charge in [0.2, 0.25) is 0 Å². The molecule has 2 N–H and O–H groups in total. The first-order valence-corrected chi connectivity index (χ1v) is 9.13. The first-order chi connectivity index (χ1) is 10.4. The summed E-state index contributed by atoms with van der Waals surface area (Å²) in [5, 5.41) is 7.38. The van der Waals surface area contributed by atoms with Crippen molar-refractivity contribution in [2.45, 2.75) is 37.9 Å². The van der Waals surface area contributed by atoms with Gasteiger partial charge in [0, 0.05) is 32.0 Å². The molecule has 0 saturated carbocycles. The molecule has 0 spiro atoms. The van der Waals surface area contributed by atoms with E-state index in [4.69, 9.17) is 9.47 Å². The van der Waals surface area contributed by atoms with E-state index in [0.29, 0.717) is 19.8 Å². The lowest BCUT2D eigenvalue weighted by Gasteiger charge is -2.14. The van der Waals surface area contributed by atoms with Crippen LogP contribution < -0.4 is 10.6 Å². The van der Waals surface area contributed by atoms with Crippen molar-refractivity contribution >= 4 is 17.7 Å². The van der Waals surface area contributed by atoms with Crippen LogP contribution in [0.5, 0.6) is 0 Å². The standard InChI is InChI=1S/C15H31N3O2S/c1-3-4-8-19-10-11-20-9-7-17-15(16-2)18-13-14-6-5-12-21-14/h14H,3-13H2,1-2H3,(H2,16,17,18). The normalized spacial score (nSPS) is 19.0. The zero-order valence-corrected chi connectivity index (χ0v) is 14.3. The van der Waals surface area contributed by atoms with Crippen molar-refractivity contribution in [2.24, 2.45) is 4.99 Å². The Balaban J connectivity index is 1.90. The molecule has 6 heteroatoms. The molecule has 1 heterocycles. The third-order valence-electron chi connectivity index (χ3n) is 3.30. The summed E-state index contributed by atoms with van der Waals surface area (Å²) in [5.74, 6) is 2.16. The molecule has 1 atom stereocenters. The van der Waals surface area contributed by atoms with Crippen molar-refractivity contribution in [2.75, 3.05) is 52.3 Å². The van der Waals surface area contributed by atoms with Gasteiger partial charge in [-0.2, -0.15) is 11.8 Å². The Labute approximate surface area is 133 Å². The highest BCUT2D eigenvalue weighted by atomic mass is 32.2. The summed E-state index contributed by atoms with van der Waals surface area (Å²) in [6, 6.07) is 0. The first kappa shape index (κ1) is 18.6. The number of hydrogen-bond donors (Lipinski definition) is 2. The molecular formula is C15H31N3O2S. The SMILES string of the molecule is CCCCOCCOCCNC(=NC)NCC1CCCS1. The van der Waals surface area contributed by atoms with Crippen LogP contribution in [-0.2, 0) is 9.47 Å². The van der Waals surface area contributed by atoms with E-state index in [1.165, 1.54) is 25.0 Å². The lowest BCUT2D eigenvalue weighted by Crippen LogP contribution is -2.41. The van der Waals surface area contributed by atoms with Gasteiger partial charge in [-0.05, 0) is 25.0 Å². The van der Waals surface area contributed by atoms with Gasteiger partial charge < -0.3 is 20.1 Å². The minimum atomic E-state index is 0.663. The van der Waals surface area contributed by atoms with Crippen LogP contribution in [0.15, 0.2) is 4.99 Å². The third kappa shape index (κ3) is 9.98. The van der Waals surface area contributed by atoms with Crippen LogP contribution in [-0.4, -0.2) is 63.5 Å². The zero-order chi connectivity index (χ0) is 15.2. The maximum Gasteiger partial charge on any atom is 0.191 e. The van der Waals surface area contributed by atoms with Crippen LogP contribution in [0.3, 0.4) is 0 Å². The summed E-state index contributed by atoms with van der Waals surface area (Å²) in [6.45, 7) is 6.80. The Morgan fingerprint density at radius 2 is 2.00 bits per heavy atom. The molecule has 124 valence electrons. The van der Waals surface area contributed by atoms with E-state index < -0.39 is 0 Å². The Morgan fingerprint density at radius 1 is 1.19 bits per heavy atom. The van der Waals surface area contributed by atoms with Crippen LogP contribution in [0, 0.1) is 0 Å². The van der Waals surface area contributed by atoms with Gasteiger partial charge in [-0.25, -0.2) is 0 Å². The van der Waals surface area contributed by atoms with Crippen molar-refractivity contribution in [1.82, 2.24) is 10.6 Å². The van der Waals surface area contributed by atoms with Gasteiger partial charge in [-0.1, -0.05) is 13.3 Å². The Kier molecular flexibility index (Phi) is 11.7. The van der Waals surface area contributed by atoms with Gasteiger partial charge in [-0.3, -0.25) is 4.99 Å². The molecule has 1 saturated heterocycles. The third-order valence-corrected chi connectivity index (χ3v) is 4.70. The second kappa shape index (κ2) is 13.2. The van der Waals surface area contributed by atoms with Crippen LogP contribution in [0.2, 0.25) is 0 Å². The van der Waals surface area contributed by atoms with Crippen LogP contribution >= 0.6 is 11.8 Å². The van der Waals surface area contributed by atoms with Gasteiger partial charge in [0.05, 0.1) is 19.8 Å². The lowest BCUT2D eigenvalue weighted by molar-refractivity contribution is 0.0487. The molecule has 0 aromatic rings. The van der Waals surface area contributed by atoms with E-state index in [-0.39, 0.29) is 0 Å². The van der Waals surface area contributed by atoms with Crippen molar-refractivity contribution in [3.63, 3.8) is 0 Å². The molecule has 0 aromatic carbocycles. The number of hydrogen-bond acceptors (Lipinski definition) is 4. The first-order valence-electron chi connectivity index (χ1n) is 8.08. The quantitative estimate of drug-likeness (QED) is 0.346. The van der Waals surface area contributed by atoms with E-state index in [9.17, 15) is 0 Å². The smallest absolute Gasteiger partial charge is 0.191 e. The number of rotatable bonds is 11. The lowest BCUT2D eigenvalue weighted by atomic mass is 10.2. The molecule has 1 rings (SSSR count). The van der Waals surface area contributed by atoms with E-state index >= 15 is 0 Å². The summed E-state index contributed by atoms with van der Waals surface area (Å²) in [7, 11) is 1.81. The second-order valence-electron chi connectivity index (χ2n) is 5.09. The fraction of sp³-hybridized carbons (Fsp3) is 0.933. The van der Waals surface area contributed by atoms with Crippen molar-refractivity contribution < 1.29 is 9.47 Å². The monoisotopic (exact) mass is 317 g/mol. The topological polar surface area (TPSA) is 54.9 Å². The summed E-state index contributed by atoms with van der Waals surface area (Å²) in [4.78, 5) is 4.22. The Bertz CT molecular complexity index is 272. The number of aliphatic imine (C=N–C) groups is 1. The highest BCUT2D eigenvalue weighted by molar-refractivity contribution is 8.00. The molecule has 0 radical (unpaired) electrons. The maximum absolute atomic E-state index is 5.51. The number of nitrogens with one attached hydrogen (secondary N) is 2. The van der Waals surface area contributed by atoms with Gasteiger partial charge in [0.15, 0.2) is 5.96 Å². The van der Waals surface area contributed by atoms with Crippen LogP contribution in [0.1, 0.15) is 32.6 Å². The highest BCUT2D eigenvalue weighted by Crippen LogP contribution is 2.25. The molecule has 0 aromatic heterocycles. The Hall–Kier alpha value is -0.460. The highest BCUT2D eigenvalue weighted by Gasteiger charge is 2.15. The molecule has 1 fully saturated rings. The fourth-order valence-electron chi connectivity index (χ4n) is 2.05. The van der Waals surface area contributed by atoms with Crippen LogP contribution in [0.4, 0.5) is 0 Å². The molecule has 5 nitrogen and oxygen atoms in total. The molecule has 0 amide bonds. The van der Waals surface area contributed by atoms with Gasteiger partial charge in [0.25, 0.3) is 0 Å². The van der Waals surface area contributed by atoms with Crippen LogP contribution in [0.25, 0.3) is 0 Å². The predicted octanol–water partition coefficient (Wildman–Crippen LogP) is 1.88. The zero-order valence-electron chi connectivity index (χ0n) is 13.5. The maximum atomic E-state index is 5.51. The molecular weight excluding hydrogens is 286 g/mol. The molecule has 0 bridgehead atoms. The molecule has 1 unspecified atom stereocenters. The fourth-order valence-corrected chi connectivity index (χ4v) is 3.25. The Morgan fingerprint density at radius 3 is 2.67 bits per heavy atom. The van der Waals surface area contributed by atoms with Crippen molar-refractivity contribution in [1.29, 1.82) is 0 Å². The average Bonchev–Trinajstić information content (AvgIpc) is 3.02. The molecule has 0 aliphatic carbocycles. The number of thioether (sulfide) groups is 1. The average molecular weight is 317 g/mol. The van der Waals surface area contributed by atoms with Crippen molar-refractivity contribution in [3.8, 4) is 0 Å². The second-order valence-corrected chi connectivity index (χ2v) is 6.50. The number of nitrogens with zero attached hydrogens (tertiary/aromatic N) is 1. The summed E-state index contributed by atoms with van der Waals surface area (Å²) in [5.41, 5.74) is 0. The summed E-state index contributed by atoms with van der Waals surface area (Å²) < 4.78 is 10.9. The number of guanidine groups is 1. The van der Waals surface area contributed by atoms with Gasteiger partial charge >= 0.3 is 0 Å². The largest absolute Gasteiger partial charge is 0.379 e. The molecule has 21 heavy (non-hydrogen) atoms. The van der Waals surface area contributed by atoms with E-state index in [2.05, 4.69) is 34.3 Å². The van der Waals surface area contributed by atoms with E-state index in [1.54, 1.807) is 7.05 Å². The van der Waals surface area contributed by atoms with Crippen molar-refractivity contribution in [3.05, 3.63) is 0 Å². The van der Waals surface area contributed by atoms with Gasteiger partial charge in [-0.15, -0.1) is 0 Å². The summed E-state index contributed by atoms with van der Waals surface area (Å²) >= 11 is 2.05. The number of ether oxygens (including phenoxy) is 2. The van der Waals surface area contributed by atoms with E-state index in [0.717, 1.165) is 37.3 Å². The van der Waals surface area contributed by atoms with E-state index in [1.807, 2.05) is 0 Å². The minimum absolute atomic E-state index is 0.663. The molecule has 1 aliphatic heterocycles.